The van der Waals surface area contributed by atoms with Crippen LogP contribution in [0.5, 0.6) is 0 Å². The molecule has 0 atom stereocenters. The molecule has 1 aromatic heterocycles. The van der Waals surface area contributed by atoms with Crippen molar-refractivity contribution in [2.45, 2.75) is 71.5 Å². The largest absolute Gasteiger partial charge is 0.416 e. The van der Waals surface area contributed by atoms with Gasteiger partial charge in [0.1, 0.15) is 5.82 Å². The van der Waals surface area contributed by atoms with Crippen LogP contribution in [0.3, 0.4) is 0 Å². The van der Waals surface area contributed by atoms with E-state index in [1.54, 1.807) is 23.4 Å². The first-order valence-electron chi connectivity index (χ1n) is 14.7. The van der Waals surface area contributed by atoms with Crippen LogP contribution in [0, 0.1) is 5.82 Å². The highest BCUT2D eigenvalue weighted by molar-refractivity contribution is 6.34. The van der Waals surface area contributed by atoms with Crippen LogP contribution in [0.25, 0.3) is 16.9 Å². The lowest BCUT2D eigenvalue weighted by Gasteiger charge is -2.33. The van der Waals surface area contributed by atoms with Crippen molar-refractivity contribution in [1.29, 1.82) is 0 Å². The quantitative estimate of drug-likeness (QED) is 0.191. The highest BCUT2D eigenvalue weighted by atomic mass is 35.5. The minimum Gasteiger partial charge on any atom is -0.351 e. The first-order chi connectivity index (χ1) is 21.9. The minimum atomic E-state index is -5.05. The van der Waals surface area contributed by atoms with Gasteiger partial charge in [-0.3, -0.25) is 4.90 Å². The molecular formula is C33H31ClF7N5O. The fourth-order valence-corrected chi connectivity index (χ4v) is 6.34. The second kappa shape index (κ2) is 12.2. The molecule has 2 amide bonds. The average molecular weight is 682 g/mol. The van der Waals surface area contributed by atoms with Gasteiger partial charge in [0.25, 0.3) is 0 Å². The van der Waals surface area contributed by atoms with Gasteiger partial charge < -0.3 is 11.1 Å². The number of anilines is 1. The number of carbonyl (C=O) groups is 1. The monoisotopic (exact) mass is 681 g/mol. The third-order valence-corrected chi connectivity index (χ3v) is 8.87. The maximum absolute atomic E-state index is 16.0. The SMILES string of the molecule is CCc1cccc(CC)c1-n1nc2c(c1-c1cc(Cl)c(NC(N)=O)cc1F)CN(Cc1ccc(C(F)(F)F)cc1C(F)(F)F)C2(C)C. The molecule has 250 valence electrons. The molecule has 3 aromatic carbocycles. The molecule has 47 heavy (non-hydrogen) atoms. The zero-order valence-corrected chi connectivity index (χ0v) is 26.6. The molecule has 4 aromatic rings. The summed E-state index contributed by atoms with van der Waals surface area (Å²) in [5.74, 6) is -0.771. The Hall–Kier alpha value is -4.10. The van der Waals surface area contributed by atoms with E-state index >= 15 is 4.39 Å². The van der Waals surface area contributed by atoms with Crippen molar-refractivity contribution >= 4 is 23.3 Å². The molecule has 0 saturated heterocycles. The van der Waals surface area contributed by atoms with Gasteiger partial charge in [0.2, 0.25) is 0 Å². The first kappa shape index (κ1) is 34.2. The van der Waals surface area contributed by atoms with Gasteiger partial charge in [0.05, 0.1) is 44.5 Å². The summed E-state index contributed by atoms with van der Waals surface area (Å²) in [6.07, 6.45) is -8.78. The first-order valence-corrected chi connectivity index (χ1v) is 15.1. The lowest BCUT2D eigenvalue weighted by Crippen LogP contribution is -2.36. The smallest absolute Gasteiger partial charge is 0.351 e. The summed E-state index contributed by atoms with van der Waals surface area (Å²) >= 11 is 6.46. The summed E-state index contributed by atoms with van der Waals surface area (Å²) in [7, 11) is 0. The lowest BCUT2D eigenvalue weighted by atomic mass is 9.97. The van der Waals surface area contributed by atoms with Crippen LogP contribution in [0.15, 0.2) is 48.5 Å². The van der Waals surface area contributed by atoms with Crippen molar-refractivity contribution in [1.82, 2.24) is 14.7 Å². The van der Waals surface area contributed by atoms with Crippen molar-refractivity contribution in [3.63, 3.8) is 0 Å². The van der Waals surface area contributed by atoms with E-state index in [1.807, 2.05) is 32.0 Å². The van der Waals surface area contributed by atoms with Crippen LogP contribution in [-0.4, -0.2) is 20.7 Å². The predicted octanol–water partition coefficient (Wildman–Crippen LogP) is 9.24. The van der Waals surface area contributed by atoms with Crippen molar-refractivity contribution in [2.75, 3.05) is 5.32 Å². The fourth-order valence-electron chi connectivity index (χ4n) is 6.13. The molecule has 3 N–H and O–H groups in total. The Labute approximate surface area is 271 Å². The number of amides is 2. The van der Waals surface area contributed by atoms with Crippen molar-refractivity contribution in [3.05, 3.63) is 98.4 Å². The normalized spacial score (nSPS) is 14.8. The number of benzene rings is 3. The van der Waals surface area contributed by atoms with Gasteiger partial charge in [0.15, 0.2) is 0 Å². The van der Waals surface area contributed by atoms with E-state index < -0.39 is 40.9 Å². The fraction of sp³-hybridized carbons (Fsp3) is 0.333. The molecule has 0 fully saturated rings. The summed E-state index contributed by atoms with van der Waals surface area (Å²) < 4.78 is 99.8. The molecule has 2 heterocycles. The van der Waals surface area contributed by atoms with Gasteiger partial charge >= 0.3 is 18.4 Å². The number of aryl methyl sites for hydroxylation is 2. The van der Waals surface area contributed by atoms with Crippen molar-refractivity contribution in [2.24, 2.45) is 5.73 Å². The summed E-state index contributed by atoms with van der Waals surface area (Å²) in [5.41, 5.74) is 4.82. The number of urea groups is 1. The van der Waals surface area contributed by atoms with Crippen molar-refractivity contribution < 1.29 is 35.5 Å². The summed E-state index contributed by atoms with van der Waals surface area (Å²) in [6.45, 7) is 7.03. The Kier molecular flexibility index (Phi) is 8.86. The number of carbonyl (C=O) groups excluding carboxylic acids is 1. The molecular weight excluding hydrogens is 651 g/mol. The summed E-state index contributed by atoms with van der Waals surface area (Å²) in [5, 5.41) is 7.22. The second-order valence-electron chi connectivity index (χ2n) is 11.8. The van der Waals surface area contributed by atoms with E-state index in [4.69, 9.17) is 22.4 Å². The third-order valence-electron chi connectivity index (χ3n) is 8.55. The number of para-hydroxylation sites is 1. The molecule has 6 nitrogen and oxygen atoms in total. The van der Waals surface area contributed by atoms with Crippen LogP contribution in [0.1, 0.15) is 66.8 Å². The molecule has 0 saturated carbocycles. The van der Waals surface area contributed by atoms with Gasteiger partial charge in [0, 0.05) is 24.2 Å². The third kappa shape index (κ3) is 6.30. The van der Waals surface area contributed by atoms with Gasteiger partial charge in [-0.1, -0.05) is 49.7 Å². The zero-order chi connectivity index (χ0) is 34.6. The van der Waals surface area contributed by atoms with Crippen LogP contribution in [0.2, 0.25) is 5.02 Å². The van der Waals surface area contributed by atoms with Crippen LogP contribution < -0.4 is 11.1 Å². The van der Waals surface area contributed by atoms with E-state index in [2.05, 4.69) is 5.32 Å². The number of primary amides is 1. The lowest BCUT2D eigenvalue weighted by molar-refractivity contribution is -0.143. The Morgan fingerprint density at radius 1 is 0.979 bits per heavy atom. The highest BCUT2D eigenvalue weighted by Crippen LogP contribution is 2.47. The van der Waals surface area contributed by atoms with E-state index in [0.717, 1.165) is 28.9 Å². The van der Waals surface area contributed by atoms with Crippen LogP contribution in [0.4, 0.5) is 41.2 Å². The number of nitrogens with two attached hydrogens (primary N) is 1. The summed E-state index contributed by atoms with van der Waals surface area (Å²) in [4.78, 5) is 13.1. The van der Waals surface area contributed by atoms with Gasteiger partial charge in [-0.2, -0.15) is 31.4 Å². The topological polar surface area (TPSA) is 76.2 Å². The Morgan fingerprint density at radius 2 is 1.62 bits per heavy atom. The summed E-state index contributed by atoms with van der Waals surface area (Å²) in [6, 6.07) is 8.75. The number of hydrogen-bond donors (Lipinski definition) is 2. The molecule has 14 heteroatoms. The number of hydrogen-bond acceptors (Lipinski definition) is 3. The second-order valence-corrected chi connectivity index (χ2v) is 12.2. The van der Waals surface area contributed by atoms with Crippen molar-refractivity contribution in [3.8, 4) is 16.9 Å². The molecule has 0 radical (unpaired) electrons. The van der Waals surface area contributed by atoms with E-state index in [0.29, 0.717) is 35.9 Å². The number of halogens is 8. The standard InChI is InChI=1S/C33H31ClF7N5O/c1-5-17-8-7-9-18(6-2)27(17)46-28(21-13-24(34)26(14-25(21)35)43-30(42)47)22-16-45(31(3,4)29(22)44-46)15-19-10-11-20(32(36,37)38)12-23(19)33(39,40)41/h7-14H,5-6,15-16H2,1-4H3,(H3,42,43,47). The van der Waals surface area contributed by atoms with Gasteiger partial charge in [-0.05, 0) is 67.6 Å². The van der Waals surface area contributed by atoms with Crippen LogP contribution >= 0.6 is 11.6 Å². The van der Waals surface area contributed by atoms with Crippen LogP contribution in [-0.2, 0) is 43.8 Å². The molecule has 0 unspecified atom stereocenters. The Morgan fingerprint density at radius 3 is 2.17 bits per heavy atom. The zero-order valence-electron chi connectivity index (χ0n) is 25.8. The number of nitrogens with one attached hydrogen (secondary N) is 1. The number of rotatable bonds is 7. The average Bonchev–Trinajstić information content (AvgIpc) is 3.46. The number of aromatic nitrogens is 2. The van der Waals surface area contributed by atoms with E-state index in [1.165, 1.54) is 6.07 Å². The molecule has 1 aliphatic rings. The minimum absolute atomic E-state index is 0.00984. The highest BCUT2D eigenvalue weighted by Gasteiger charge is 2.45. The maximum Gasteiger partial charge on any atom is 0.416 e. The van der Waals surface area contributed by atoms with E-state index in [-0.39, 0.29) is 41.0 Å². The number of nitrogens with zero attached hydrogens (tertiary/aromatic N) is 3. The molecule has 0 aliphatic carbocycles. The Bertz CT molecular complexity index is 1840. The van der Waals surface area contributed by atoms with E-state index in [9.17, 15) is 31.1 Å². The van der Waals surface area contributed by atoms with Gasteiger partial charge in [-0.15, -0.1) is 0 Å². The molecule has 0 spiro atoms. The molecule has 5 rings (SSSR count). The predicted molar refractivity (Wildman–Crippen MR) is 165 cm³/mol. The molecule has 1 aliphatic heterocycles. The van der Waals surface area contributed by atoms with Gasteiger partial charge in [-0.25, -0.2) is 13.9 Å². The Balaban J connectivity index is 1.71. The molecule has 0 bridgehead atoms. The number of alkyl halides is 6. The maximum atomic E-state index is 16.0. The number of fused-ring (bicyclic) bond motifs is 1.